The third-order valence-corrected chi connectivity index (χ3v) is 4.63. The molecule has 1 heterocycles. The first-order valence-electron chi connectivity index (χ1n) is 6.94. The van der Waals surface area contributed by atoms with Crippen LogP contribution in [0, 0.1) is 0 Å². The van der Waals surface area contributed by atoms with Crippen LogP contribution >= 0.6 is 11.3 Å². The number of halogens is 2. The first kappa shape index (κ1) is 15.9. The minimum atomic E-state index is -2.78. The Morgan fingerprint density at radius 1 is 1.14 bits per heavy atom. The molecule has 1 aromatic heterocycles. The molecule has 21 heavy (non-hydrogen) atoms. The third kappa shape index (κ3) is 4.79. The van der Waals surface area contributed by atoms with E-state index in [0.29, 0.717) is 6.54 Å². The molecule has 0 spiro atoms. The molecule has 114 valence electrons. The Kier molecular flexibility index (Phi) is 5.70. The molecule has 1 aromatic carbocycles. The standard InChI is InChI=1S/C16H19F2NOS/c1-3-14-8-9-15(21-14)11(2)19-10-12-4-6-13(7-5-12)20-16(17)18/h4-9,11,16,19H,3,10H2,1-2H3. The van der Waals surface area contributed by atoms with Crippen molar-refractivity contribution in [2.24, 2.45) is 0 Å². The Balaban J connectivity index is 1.87. The lowest BCUT2D eigenvalue weighted by molar-refractivity contribution is -0.0498. The Labute approximate surface area is 127 Å². The predicted octanol–water partition coefficient (Wildman–Crippen LogP) is 4.76. The molecule has 0 aliphatic heterocycles. The van der Waals surface area contributed by atoms with Crippen molar-refractivity contribution in [2.75, 3.05) is 0 Å². The van der Waals surface area contributed by atoms with Gasteiger partial charge in [-0.3, -0.25) is 0 Å². The second-order valence-corrected chi connectivity index (χ2v) is 5.98. The van der Waals surface area contributed by atoms with Gasteiger partial charge in [0.25, 0.3) is 0 Å². The van der Waals surface area contributed by atoms with Gasteiger partial charge in [-0.05, 0) is 43.2 Å². The van der Waals surface area contributed by atoms with Crippen LogP contribution in [0.25, 0.3) is 0 Å². The van der Waals surface area contributed by atoms with E-state index in [-0.39, 0.29) is 11.8 Å². The lowest BCUT2D eigenvalue weighted by Gasteiger charge is -2.12. The highest BCUT2D eigenvalue weighted by atomic mass is 32.1. The van der Waals surface area contributed by atoms with Crippen LogP contribution < -0.4 is 10.1 Å². The molecule has 0 bridgehead atoms. The maximum absolute atomic E-state index is 12.1. The van der Waals surface area contributed by atoms with Crippen LogP contribution in [0.5, 0.6) is 5.75 Å². The highest BCUT2D eigenvalue weighted by Crippen LogP contribution is 2.24. The highest BCUT2D eigenvalue weighted by molar-refractivity contribution is 7.12. The second kappa shape index (κ2) is 7.52. The fourth-order valence-electron chi connectivity index (χ4n) is 1.98. The quantitative estimate of drug-likeness (QED) is 0.796. The maximum Gasteiger partial charge on any atom is 0.387 e. The van der Waals surface area contributed by atoms with E-state index in [0.717, 1.165) is 12.0 Å². The number of benzene rings is 1. The number of hydrogen-bond donors (Lipinski definition) is 1. The first-order chi connectivity index (χ1) is 10.1. The molecule has 1 unspecified atom stereocenters. The molecule has 0 radical (unpaired) electrons. The van der Waals surface area contributed by atoms with Crippen molar-refractivity contribution in [3.63, 3.8) is 0 Å². The zero-order valence-electron chi connectivity index (χ0n) is 12.1. The van der Waals surface area contributed by atoms with Gasteiger partial charge in [0.2, 0.25) is 0 Å². The average molecular weight is 311 g/mol. The zero-order valence-corrected chi connectivity index (χ0v) is 12.9. The van der Waals surface area contributed by atoms with Crippen LogP contribution in [0.1, 0.15) is 35.2 Å². The summed E-state index contributed by atoms with van der Waals surface area (Å²) in [6.45, 7) is 2.19. The van der Waals surface area contributed by atoms with Gasteiger partial charge in [-0.15, -0.1) is 11.3 Å². The van der Waals surface area contributed by atoms with Crippen molar-refractivity contribution >= 4 is 11.3 Å². The summed E-state index contributed by atoms with van der Waals surface area (Å²) in [7, 11) is 0. The third-order valence-electron chi connectivity index (χ3n) is 3.22. The number of hydrogen-bond acceptors (Lipinski definition) is 3. The van der Waals surface area contributed by atoms with Crippen LogP contribution in [0.4, 0.5) is 8.78 Å². The van der Waals surface area contributed by atoms with Gasteiger partial charge >= 0.3 is 6.61 Å². The van der Waals surface area contributed by atoms with E-state index in [1.807, 2.05) is 11.3 Å². The van der Waals surface area contributed by atoms with Gasteiger partial charge in [0, 0.05) is 22.3 Å². The monoisotopic (exact) mass is 311 g/mol. The Bertz CT molecular complexity index is 554. The zero-order chi connectivity index (χ0) is 15.2. The van der Waals surface area contributed by atoms with Gasteiger partial charge in [-0.25, -0.2) is 0 Å². The van der Waals surface area contributed by atoms with Gasteiger partial charge in [0.15, 0.2) is 0 Å². The number of ether oxygens (including phenoxy) is 1. The van der Waals surface area contributed by atoms with Crippen molar-refractivity contribution in [3.8, 4) is 5.75 Å². The van der Waals surface area contributed by atoms with Crippen molar-refractivity contribution in [1.29, 1.82) is 0 Å². The molecule has 2 aromatic rings. The lowest BCUT2D eigenvalue weighted by Crippen LogP contribution is -2.17. The summed E-state index contributed by atoms with van der Waals surface area (Å²) in [6.07, 6.45) is 1.06. The van der Waals surface area contributed by atoms with Gasteiger partial charge in [-0.2, -0.15) is 8.78 Å². The largest absolute Gasteiger partial charge is 0.435 e. The predicted molar refractivity (Wildman–Crippen MR) is 82.0 cm³/mol. The van der Waals surface area contributed by atoms with Crippen molar-refractivity contribution in [2.45, 2.75) is 39.5 Å². The van der Waals surface area contributed by atoms with E-state index < -0.39 is 6.61 Å². The number of aryl methyl sites for hydroxylation is 1. The fraction of sp³-hybridized carbons (Fsp3) is 0.375. The SMILES string of the molecule is CCc1ccc(C(C)NCc2ccc(OC(F)F)cc2)s1. The molecule has 0 aliphatic carbocycles. The van der Waals surface area contributed by atoms with Crippen LogP contribution in [0.3, 0.4) is 0 Å². The van der Waals surface area contributed by atoms with Gasteiger partial charge in [-0.1, -0.05) is 19.1 Å². The summed E-state index contributed by atoms with van der Waals surface area (Å²) in [5.74, 6) is 0.188. The summed E-state index contributed by atoms with van der Waals surface area (Å²) in [5, 5.41) is 3.43. The summed E-state index contributed by atoms with van der Waals surface area (Å²) in [6, 6.07) is 11.3. The number of alkyl halides is 2. The molecule has 2 rings (SSSR count). The normalized spacial score (nSPS) is 12.6. The van der Waals surface area contributed by atoms with E-state index in [9.17, 15) is 8.78 Å². The Morgan fingerprint density at radius 3 is 2.43 bits per heavy atom. The van der Waals surface area contributed by atoms with Gasteiger partial charge < -0.3 is 10.1 Å². The smallest absolute Gasteiger partial charge is 0.387 e. The molecule has 5 heteroatoms. The molecule has 1 atom stereocenters. The molecule has 0 saturated carbocycles. The molecule has 0 fully saturated rings. The van der Waals surface area contributed by atoms with E-state index >= 15 is 0 Å². The highest BCUT2D eigenvalue weighted by Gasteiger charge is 2.08. The van der Waals surface area contributed by atoms with E-state index in [4.69, 9.17) is 0 Å². The van der Waals surface area contributed by atoms with Crippen LogP contribution in [0.15, 0.2) is 36.4 Å². The molecular formula is C16H19F2NOS. The molecule has 2 nitrogen and oxygen atoms in total. The van der Waals surface area contributed by atoms with Crippen molar-refractivity contribution in [1.82, 2.24) is 5.32 Å². The maximum atomic E-state index is 12.1. The van der Waals surface area contributed by atoms with E-state index in [2.05, 4.69) is 36.0 Å². The molecule has 0 amide bonds. The number of rotatable bonds is 7. The van der Waals surface area contributed by atoms with Crippen LogP contribution in [0.2, 0.25) is 0 Å². The van der Waals surface area contributed by atoms with Crippen LogP contribution in [-0.4, -0.2) is 6.61 Å². The Hall–Kier alpha value is -1.46. The second-order valence-electron chi connectivity index (χ2n) is 4.78. The number of nitrogens with one attached hydrogen (secondary N) is 1. The van der Waals surface area contributed by atoms with Crippen molar-refractivity contribution in [3.05, 3.63) is 51.7 Å². The Morgan fingerprint density at radius 2 is 1.86 bits per heavy atom. The summed E-state index contributed by atoms with van der Waals surface area (Å²) in [5.41, 5.74) is 1.04. The van der Waals surface area contributed by atoms with E-state index in [1.54, 1.807) is 24.3 Å². The fourth-order valence-corrected chi connectivity index (χ4v) is 2.96. The summed E-state index contributed by atoms with van der Waals surface area (Å²) >= 11 is 1.82. The molecular weight excluding hydrogens is 292 g/mol. The van der Waals surface area contributed by atoms with E-state index in [1.165, 1.54) is 9.75 Å². The van der Waals surface area contributed by atoms with Crippen molar-refractivity contribution < 1.29 is 13.5 Å². The lowest BCUT2D eigenvalue weighted by atomic mass is 10.2. The molecule has 1 N–H and O–H groups in total. The topological polar surface area (TPSA) is 21.3 Å². The minimum absolute atomic E-state index is 0.188. The average Bonchev–Trinajstić information content (AvgIpc) is 2.94. The summed E-state index contributed by atoms with van der Waals surface area (Å²) < 4.78 is 28.4. The molecule has 0 aliphatic rings. The van der Waals surface area contributed by atoms with Gasteiger partial charge in [0.05, 0.1) is 0 Å². The first-order valence-corrected chi connectivity index (χ1v) is 7.76. The number of thiophene rings is 1. The molecule has 0 saturated heterocycles. The summed E-state index contributed by atoms with van der Waals surface area (Å²) in [4.78, 5) is 2.69. The minimum Gasteiger partial charge on any atom is -0.435 e. The van der Waals surface area contributed by atoms with Crippen LogP contribution in [-0.2, 0) is 13.0 Å². The van der Waals surface area contributed by atoms with Gasteiger partial charge in [0.1, 0.15) is 5.75 Å².